The maximum absolute atomic E-state index is 11.0. The fraction of sp³-hybridized carbons (Fsp3) is 1.00. The average molecular weight is 405 g/mol. The van der Waals surface area contributed by atoms with Crippen molar-refractivity contribution in [3.8, 4) is 0 Å². The van der Waals surface area contributed by atoms with Crippen LogP contribution in [0.1, 0.15) is 92.4 Å². The number of ether oxygens (including phenoxy) is 1. The van der Waals surface area contributed by atoms with E-state index < -0.39 is 0 Å². The smallest absolute Gasteiger partial charge is 0.0663 e. The molecular weight excluding hydrogens is 360 g/mol. The number of fused-ring (bicyclic) bond motifs is 3. The molecule has 0 aromatic carbocycles. The molecule has 9 atom stereocenters. The molecule has 166 valence electrons. The molecule has 2 N–H and O–H groups in total. The van der Waals surface area contributed by atoms with Gasteiger partial charge in [-0.2, -0.15) is 0 Å². The molecule has 1 saturated heterocycles. The van der Waals surface area contributed by atoms with Gasteiger partial charge in [0.2, 0.25) is 0 Å². The lowest BCUT2D eigenvalue weighted by Crippen LogP contribution is -2.66. The van der Waals surface area contributed by atoms with Crippen LogP contribution in [0.15, 0.2) is 0 Å². The number of hydrogen-bond acceptors (Lipinski definition) is 3. The van der Waals surface area contributed by atoms with Gasteiger partial charge in [-0.1, -0.05) is 34.6 Å². The molecule has 0 radical (unpaired) electrons. The van der Waals surface area contributed by atoms with Gasteiger partial charge in [0.05, 0.1) is 18.8 Å². The van der Waals surface area contributed by atoms with E-state index in [0.717, 1.165) is 37.7 Å². The summed E-state index contributed by atoms with van der Waals surface area (Å²) in [5.74, 6) is 1.98. The van der Waals surface area contributed by atoms with Crippen LogP contribution in [-0.2, 0) is 4.74 Å². The molecule has 5 fully saturated rings. The van der Waals surface area contributed by atoms with Gasteiger partial charge >= 0.3 is 0 Å². The third kappa shape index (κ3) is 2.42. The summed E-state index contributed by atoms with van der Waals surface area (Å²) in [5.41, 5.74) is 1.17. The van der Waals surface area contributed by atoms with E-state index in [1.54, 1.807) is 0 Å². The van der Waals surface area contributed by atoms with Crippen LogP contribution in [0.5, 0.6) is 0 Å². The van der Waals surface area contributed by atoms with Crippen molar-refractivity contribution in [1.29, 1.82) is 0 Å². The van der Waals surface area contributed by atoms with Gasteiger partial charge in [0.15, 0.2) is 0 Å². The zero-order valence-corrected chi connectivity index (χ0v) is 19.5. The van der Waals surface area contributed by atoms with Crippen molar-refractivity contribution in [2.24, 2.45) is 44.8 Å². The van der Waals surface area contributed by atoms with Crippen molar-refractivity contribution in [3.63, 3.8) is 0 Å². The third-order valence-electron chi connectivity index (χ3n) is 12.0. The molecule has 0 aromatic rings. The SMILES string of the molecule is CC1(C)CC[C@]23CC[C@]4(C)[C@H](CC[C@@H]5[C@@](C)(CCO)[C@H](O)CC[C@]54C)[C@@H]2[C@H]1OC3. The topological polar surface area (TPSA) is 49.7 Å². The molecule has 2 bridgehead atoms. The van der Waals surface area contributed by atoms with E-state index in [-0.39, 0.29) is 23.5 Å². The summed E-state index contributed by atoms with van der Waals surface area (Å²) in [5, 5.41) is 20.8. The zero-order valence-electron chi connectivity index (χ0n) is 19.5. The van der Waals surface area contributed by atoms with Crippen LogP contribution in [0, 0.1) is 44.8 Å². The highest BCUT2D eigenvalue weighted by molar-refractivity contribution is 5.19. The lowest BCUT2D eigenvalue weighted by Gasteiger charge is -2.71. The predicted octanol–water partition coefficient (Wildman–Crippen LogP) is 5.18. The molecule has 0 aromatic heterocycles. The second-order valence-electron chi connectivity index (χ2n) is 13.2. The van der Waals surface area contributed by atoms with E-state index in [1.165, 1.54) is 38.5 Å². The molecule has 5 aliphatic rings. The molecule has 3 heteroatoms. The Morgan fingerprint density at radius 2 is 1.59 bits per heavy atom. The second kappa shape index (κ2) is 6.23. The maximum atomic E-state index is 11.0. The molecule has 1 aliphatic heterocycles. The Bertz CT molecular complexity index is 675. The summed E-state index contributed by atoms with van der Waals surface area (Å²) in [6.45, 7) is 13.5. The largest absolute Gasteiger partial charge is 0.396 e. The molecule has 3 nitrogen and oxygen atoms in total. The molecule has 0 amide bonds. The molecule has 4 aliphatic carbocycles. The first-order valence-electron chi connectivity index (χ1n) is 12.4. The van der Waals surface area contributed by atoms with Crippen molar-refractivity contribution >= 4 is 0 Å². The number of aliphatic hydroxyl groups excluding tert-OH is 2. The van der Waals surface area contributed by atoms with E-state index in [9.17, 15) is 10.2 Å². The normalized spacial score (nSPS) is 58.2. The predicted molar refractivity (Wildman–Crippen MR) is 115 cm³/mol. The maximum Gasteiger partial charge on any atom is 0.0663 e. The van der Waals surface area contributed by atoms with E-state index in [2.05, 4.69) is 34.6 Å². The monoisotopic (exact) mass is 404 g/mol. The minimum atomic E-state index is -0.268. The second-order valence-corrected chi connectivity index (χ2v) is 13.2. The zero-order chi connectivity index (χ0) is 20.9. The minimum absolute atomic E-state index is 0.147. The van der Waals surface area contributed by atoms with Gasteiger partial charge in [-0.25, -0.2) is 0 Å². The molecule has 0 spiro atoms. The summed E-state index contributed by atoms with van der Waals surface area (Å²) >= 11 is 0. The number of rotatable bonds is 2. The van der Waals surface area contributed by atoms with Crippen molar-refractivity contribution in [3.05, 3.63) is 0 Å². The van der Waals surface area contributed by atoms with Crippen molar-refractivity contribution in [2.45, 2.75) is 105 Å². The van der Waals surface area contributed by atoms with Crippen LogP contribution in [0.25, 0.3) is 0 Å². The van der Waals surface area contributed by atoms with Gasteiger partial charge in [0, 0.05) is 6.61 Å². The summed E-state index contributed by atoms with van der Waals surface area (Å²) in [7, 11) is 0. The van der Waals surface area contributed by atoms with Crippen molar-refractivity contribution in [1.82, 2.24) is 0 Å². The van der Waals surface area contributed by atoms with Gasteiger partial charge in [-0.15, -0.1) is 0 Å². The molecule has 0 unspecified atom stereocenters. The lowest BCUT2D eigenvalue weighted by molar-refractivity contribution is -0.237. The Morgan fingerprint density at radius 1 is 0.862 bits per heavy atom. The molecule has 5 rings (SSSR count). The summed E-state index contributed by atoms with van der Waals surface area (Å²) < 4.78 is 6.62. The fourth-order valence-corrected chi connectivity index (χ4v) is 9.90. The minimum Gasteiger partial charge on any atom is -0.396 e. The van der Waals surface area contributed by atoms with Crippen LogP contribution in [0.4, 0.5) is 0 Å². The Balaban J connectivity index is 1.55. The van der Waals surface area contributed by atoms with Gasteiger partial charge in [0.1, 0.15) is 0 Å². The Morgan fingerprint density at radius 3 is 2.31 bits per heavy atom. The van der Waals surface area contributed by atoms with E-state index in [4.69, 9.17) is 4.74 Å². The number of aliphatic hydroxyl groups is 2. The summed E-state index contributed by atoms with van der Waals surface area (Å²) in [6, 6.07) is 0. The molecule has 29 heavy (non-hydrogen) atoms. The van der Waals surface area contributed by atoms with E-state index in [0.29, 0.717) is 28.3 Å². The van der Waals surface area contributed by atoms with Gasteiger partial charge in [-0.3, -0.25) is 0 Å². The highest BCUT2D eigenvalue weighted by atomic mass is 16.5. The number of hydrogen-bond donors (Lipinski definition) is 2. The Hall–Kier alpha value is -0.120. The van der Waals surface area contributed by atoms with Crippen molar-refractivity contribution in [2.75, 3.05) is 13.2 Å². The molecule has 4 saturated carbocycles. The summed E-state index contributed by atoms with van der Waals surface area (Å²) in [6.07, 6.45) is 10.8. The van der Waals surface area contributed by atoms with Crippen molar-refractivity contribution < 1.29 is 14.9 Å². The van der Waals surface area contributed by atoms with Gasteiger partial charge < -0.3 is 14.9 Å². The quantitative estimate of drug-likeness (QED) is 0.666. The lowest BCUT2D eigenvalue weighted by atomic mass is 9.34. The van der Waals surface area contributed by atoms with Gasteiger partial charge in [0.25, 0.3) is 0 Å². The summed E-state index contributed by atoms with van der Waals surface area (Å²) in [4.78, 5) is 0. The first-order valence-corrected chi connectivity index (χ1v) is 12.4. The molecule has 1 heterocycles. The van der Waals surface area contributed by atoms with Crippen LogP contribution >= 0.6 is 0 Å². The third-order valence-corrected chi connectivity index (χ3v) is 12.0. The Labute approximate surface area is 178 Å². The van der Waals surface area contributed by atoms with Gasteiger partial charge in [-0.05, 0) is 103 Å². The molecular formula is C26H44O3. The first kappa shape index (κ1) is 20.8. The van der Waals surface area contributed by atoms with Crippen LogP contribution in [-0.4, -0.2) is 35.6 Å². The van der Waals surface area contributed by atoms with Crippen LogP contribution in [0.2, 0.25) is 0 Å². The Kier molecular flexibility index (Phi) is 4.46. The van der Waals surface area contributed by atoms with Crippen LogP contribution in [0.3, 0.4) is 0 Å². The van der Waals surface area contributed by atoms with E-state index >= 15 is 0 Å². The first-order chi connectivity index (χ1) is 13.5. The highest BCUT2D eigenvalue weighted by Crippen LogP contribution is 2.75. The standard InChI is InChI=1S/C26H44O3/c1-22(2)10-12-26-13-11-24(4)17(20(26)21(22)29-16-26)6-7-18-23(3,14-15-27)19(28)8-9-25(18,24)5/h17-21,27-28H,6-16H2,1-5H3/t17-,18-,19-,20-,21-,23-,24-,25-,26-/m1/s1. The highest BCUT2D eigenvalue weighted by Gasteiger charge is 2.71. The van der Waals surface area contributed by atoms with Crippen LogP contribution < -0.4 is 0 Å². The van der Waals surface area contributed by atoms with E-state index in [1.807, 2.05) is 0 Å². The fourth-order valence-electron chi connectivity index (χ4n) is 9.90. The average Bonchev–Trinajstić information content (AvgIpc) is 3.00.